The average molecular weight is 529 g/mol. The largest absolute Gasteiger partial charge is 0.417 e. The Hall–Kier alpha value is -0.743. The monoisotopic (exact) mass is 528 g/mol. The first-order valence-corrected chi connectivity index (χ1v) is 18.8. The van der Waals surface area contributed by atoms with Gasteiger partial charge in [-0.3, -0.25) is 9.59 Å². The predicted molar refractivity (Wildman–Crippen MR) is 156 cm³/mol. The number of carbonyl (C=O) groups is 2. The number of ketones is 2. The molecule has 0 N–H and O–H groups in total. The van der Waals surface area contributed by atoms with Gasteiger partial charge in [0.2, 0.25) is 0 Å². The van der Waals surface area contributed by atoms with Crippen molar-refractivity contribution in [3.8, 4) is 0 Å². The van der Waals surface area contributed by atoms with Crippen LogP contribution in [0.1, 0.15) is 124 Å². The van der Waals surface area contributed by atoms with Gasteiger partial charge in [-0.25, -0.2) is 0 Å². The van der Waals surface area contributed by atoms with E-state index < -0.39 is 8.32 Å². The molecule has 0 amide bonds. The highest BCUT2D eigenvalue weighted by molar-refractivity contribution is 6.74. The van der Waals surface area contributed by atoms with Gasteiger partial charge in [0.05, 0.1) is 0 Å². The summed E-state index contributed by atoms with van der Waals surface area (Å²) in [5, 5.41) is 0.304. The zero-order valence-electron chi connectivity index (χ0n) is 25.0. The van der Waals surface area contributed by atoms with E-state index in [0.717, 1.165) is 51.0 Å². The SMILES string of the molecule is CC(C)(C)[Si](C)(C)OCCCCCCCCC[C@@H]1CC2=CC(=O)CCC2[C@H]2CC[C@]3(C)C(=O)CC[C@H]3[C@H]12. The van der Waals surface area contributed by atoms with Crippen LogP contribution in [0.25, 0.3) is 0 Å². The van der Waals surface area contributed by atoms with Crippen LogP contribution in [0.15, 0.2) is 11.6 Å². The first-order chi connectivity index (χ1) is 17.4. The van der Waals surface area contributed by atoms with E-state index >= 15 is 0 Å². The Labute approximate surface area is 229 Å². The molecular weight excluding hydrogens is 472 g/mol. The highest BCUT2D eigenvalue weighted by Gasteiger charge is 2.58. The summed E-state index contributed by atoms with van der Waals surface area (Å²) in [6.07, 6.45) is 19.6. The lowest BCUT2D eigenvalue weighted by molar-refractivity contribution is -0.132. The summed E-state index contributed by atoms with van der Waals surface area (Å²) in [5.41, 5.74) is 1.43. The van der Waals surface area contributed by atoms with Crippen LogP contribution in [0.3, 0.4) is 0 Å². The fourth-order valence-electron chi connectivity index (χ4n) is 8.38. The van der Waals surface area contributed by atoms with E-state index in [-0.39, 0.29) is 5.41 Å². The van der Waals surface area contributed by atoms with E-state index in [9.17, 15) is 9.59 Å². The molecule has 0 radical (unpaired) electrons. The number of unbranched alkanes of at least 4 members (excludes halogenated alkanes) is 6. The number of rotatable bonds is 11. The van der Waals surface area contributed by atoms with Crippen molar-refractivity contribution in [2.75, 3.05) is 6.61 Å². The summed E-state index contributed by atoms with van der Waals surface area (Å²) in [4.78, 5) is 25.1. The summed E-state index contributed by atoms with van der Waals surface area (Å²) < 4.78 is 6.33. The van der Waals surface area contributed by atoms with E-state index in [2.05, 4.69) is 40.8 Å². The van der Waals surface area contributed by atoms with Gasteiger partial charge < -0.3 is 4.43 Å². The van der Waals surface area contributed by atoms with Gasteiger partial charge in [0.1, 0.15) is 5.78 Å². The van der Waals surface area contributed by atoms with E-state index in [4.69, 9.17) is 4.43 Å². The molecule has 0 heterocycles. The van der Waals surface area contributed by atoms with Crippen molar-refractivity contribution in [3.05, 3.63) is 11.6 Å². The zero-order chi connectivity index (χ0) is 26.8. The van der Waals surface area contributed by atoms with Crippen LogP contribution in [0.4, 0.5) is 0 Å². The lowest BCUT2D eigenvalue weighted by Gasteiger charge is -2.55. The smallest absolute Gasteiger partial charge is 0.191 e. The minimum absolute atomic E-state index is 0.0561. The maximum Gasteiger partial charge on any atom is 0.191 e. The molecule has 0 aromatic carbocycles. The van der Waals surface area contributed by atoms with Gasteiger partial charge in [0.25, 0.3) is 0 Å². The summed E-state index contributed by atoms with van der Waals surface area (Å²) in [5.74, 6) is 4.23. The molecule has 0 bridgehead atoms. The van der Waals surface area contributed by atoms with Crippen LogP contribution < -0.4 is 0 Å². The van der Waals surface area contributed by atoms with Crippen LogP contribution in [0, 0.1) is 35.0 Å². The third-order valence-electron chi connectivity index (χ3n) is 11.7. The van der Waals surface area contributed by atoms with Gasteiger partial charge in [-0.15, -0.1) is 0 Å². The minimum atomic E-state index is -1.59. The fourth-order valence-corrected chi connectivity index (χ4v) is 9.47. The number of Topliss-reactive ketones (excluding diaryl/α,β-unsaturated/α-hetero) is 1. The van der Waals surface area contributed by atoms with Crippen LogP contribution >= 0.6 is 0 Å². The van der Waals surface area contributed by atoms with Crippen molar-refractivity contribution in [1.29, 1.82) is 0 Å². The van der Waals surface area contributed by atoms with Crippen molar-refractivity contribution >= 4 is 19.9 Å². The molecule has 37 heavy (non-hydrogen) atoms. The van der Waals surface area contributed by atoms with Crippen molar-refractivity contribution in [3.63, 3.8) is 0 Å². The topological polar surface area (TPSA) is 43.4 Å². The first-order valence-electron chi connectivity index (χ1n) is 15.8. The standard InChI is InChI=1S/C33H56O3Si/c1-32(2,3)37(5,6)36-21-13-11-9-7-8-10-12-14-24-22-25-23-26(34)15-16-27(25)28-19-20-33(4)29(31(24)28)17-18-30(33)35/h23-24,27-29,31H,7-22H2,1-6H3/t24-,27?,28-,29+,31-,33+/m1/s1. The molecule has 1 unspecified atom stereocenters. The van der Waals surface area contributed by atoms with Gasteiger partial charge in [-0.2, -0.15) is 0 Å². The molecule has 210 valence electrons. The Bertz CT molecular complexity index is 852. The average Bonchev–Trinajstić information content (AvgIpc) is 3.13. The molecule has 3 nitrogen and oxygen atoms in total. The lowest BCUT2D eigenvalue weighted by Crippen LogP contribution is -2.50. The Morgan fingerprint density at radius 3 is 2.32 bits per heavy atom. The van der Waals surface area contributed by atoms with E-state index in [1.54, 1.807) is 0 Å². The Morgan fingerprint density at radius 1 is 0.946 bits per heavy atom. The lowest BCUT2D eigenvalue weighted by atomic mass is 9.49. The number of hydrogen-bond donors (Lipinski definition) is 0. The molecule has 0 aromatic rings. The van der Waals surface area contributed by atoms with Crippen LogP contribution in [0.2, 0.25) is 18.1 Å². The highest BCUT2D eigenvalue weighted by atomic mass is 28.4. The van der Waals surface area contributed by atoms with Gasteiger partial charge in [-0.1, -0.05) is 71.8 Å². The Morgan fingerprint density at radius 2 is 1.62 bits per heavy atom. The van der Waals surface area contributed by atoms with E-state index in [1.165, 1.54) is 63.4 Å². The number of hydrogen-bond acceptors (Lipinski definition) is 3. The molecular formula is C33H56O3Si. The molecule has 4 aliphatic carbocycles. The molecule has 0 aliphatic heterocycles. The summed E-state index contributed by atoms with van der Waals surface area (Å²) in [6, 6.07) is 0. The van der Waals surface area contributed by atoms with Crippen molar-refractivity contribution in [1.82, 2.24) is 0 Å². The molecule has 3 fully saturated rings. The fraction of sp³-hybridized carbons (Fsp3) is 0.879. The number of allylic oxidation sites excluding steroid dienone is 1. The van der Waals surface area contributed by atoms with Crippen LogP contribution in [-0.4, -0.2) is 26.5 Å². The van der Waals surface area contributed by atoms with E-state index in [0.29, 0.717) is 40.3 Å². The Kier molecular flexibility index (Phi) is 9.31. The molecule has 4 heteroatoms. The number of carbonyl (C=O) groups excluding carboxylic acids is 2. The van der Waals surface area contributed by atoms with E-state index in [1.807, 2.05) is 6.08 Å². The molecule has 0 saturated heterocycles. The molecule has 4 aliphatic rings. The zero-order valence-corrected chi connectivity index (χ0v) is 26.0. The van der Waals surface area contributed by atoms with Gasteiger partial charge in [0, 0.05) is 24.9 Å². The summed E-state index contributed by atoms with van der Waals surface area (Å²) in [6.45, 7) is 14.9. The number of fused-ring (bicyclic) bond motifs is 5. The highest BCUT2D eigenvalue weighted by Crippen LogP contribution is 2.62. The first kappa shape index (κ1) is 29.2. The van der Waals surface area contributed by atoms with Crippen molar-refractivity contribution in [2.45, 2.75) is 142 Å². The third-order valence-corrected chi connectivity index (χ3v) is 16.2. The summed E-state index contributed by atoms with van der Waals surface area (Å²) >= 11 is 0. The molecule has 0 spiro atoms. The van der Waals surface area contributed by atoms with Crippen LogP contribution in [-0.2, 0) is 14.0 Å². The van der Waals surface area contributed by atoms with Gasteiger partial charge in [-0.05, 0) is 98.7 Å². The molecule has 0 aromatic heterocycles. The van der Waals surface area contributed by atoms with Crippen molar-refractivity contribution < 1.29 is 14.0 Å². The predicted octanol–water partition coefficient (Wildman–Crippen LogP) is 9.07. The quantitative estimate of drug-likeness (QED) is 0.198. The second-order valence-electron chi connectivity index (χ2n) is 14.9. The normalized spacial score (nSPS) is 34.1. The second-order valence-corrected chi connectivity index (χ2v) is 19.7. The minimum Gasteiger partial charge on any atom is -0.417 e. The second kappa shape index (κ2) is 11.8. The van der Waals surface area contributed by atoms with Crippen molar-refractivity contribution in [2.24, 2.45) is 35.0 Å². The molecule has 4 rings (SSSR count). The van der Waals surface area contributed by atoms with Crippen LogP contribution in [0.5, 0.6) is 0 Å². The maximum absolute atomic E-state index is 12.9. The Balaban J connectivity index is 1.22. The van der Waals surface area contributed by atoms with Gasteiger partial charge in [0.15, 0.2) is 14.1 Å². The molecule has 3 saturated carbocycles. The third kappa shape index (κ3) is 6.37. The van der Waals surface area contributed by atoms with Gasteiger partial charge >= 0.3 is 0 Å². The molecule has 6 atom stereocenters. The summed E-state index contributed by atoms with van der Waals surface area (Å²) in [7, 11) is -1.59. The maximum atomic E-state index is 12.9.